The van der Waals surface area contributed by atoms with E-state index in [1.54, 1.807) is 13.3 Å². The minimum Gasteiger partial charge on any atom is -0.480 e. The number of hydrogen-bond donors (Lipinski definition) is 1. The lowest BCUT2D eigenvalue weighted by molar-refractivity contribution is 0.394. The van der Waals surface area contributed by atoms with Crippen LogP contribution in [0.4, 0.5) is 5.95 Å². The normalized spacial score (nSPS) is 17.4. The third-order valence-electron chi connectivity index (χ3n) is 3.58. The maximum atomic E-state index is 5.21. The van der Waals surface area contributed by atoms with Crippen molar-refractivity contribution < 1.29 is 4.74 Å². The summed E-state index contributed by atoms with van der Waals surface area (Å²) in [4.78, 5) is 8.67. The molecule has 20 heavy (non-hydrogen) atoms. The van der Waals surface area contributed by atoms with Crippen molar-refractivity contribution in [2.45, 2.75) is 25.3 Å². The van der Waals surface area contributed by atoms with Crippen LogP contribution in [-0.4, -0.2) is 17.1 Å². The van der Waals surface area contributed by atoms with Crippen LogP contribution in [0.25, 0.3) is 0 Å². The van der Waals surface area contributed by atoms with Gasteiger partial charge in [-0.3, -0.25) is 0 Å². The summed E-state index contributed by atoms with van der Waals surface area (Å²) in [7, 11) is 1.60. The van der Waals surface area contributed by atoms with Crippen LogP contribution in [0.1, 0.15) is 30.0 Å². The van der Waals surface area contributed by atoms with Gasteiger partial charge in [-0.25, -0.2) is 4.98 Å². The van der Waals surface area contributed by atoms with E-state index in [-0.39, 0.29) is 6.04 Å². The van der Waals surface area contributed by atoms with Gasteiger partial charge >= 0.3 is 0 Å². The lowest BCUT2D eigenvalue weighted by atomic mass is 9.88. The first-order valence-corrected chi connectivity index (χ1v) is 7.48. The number of aromatic nitrogens is 2. The number of fused-ring (bicyclic) bond motifs is 1. The number of rotatable bonds is 3. The summed E-state index contributed by atoms with van der Waals surface area (Å²) in [6.07, 6.45) is 5.14. The highest BCUT2D eigenvalue weighted by molar-refractivity contribution is 9.10. The first kappa shape index (κ1) is 13.4. The lowest BCUT2D eigenvalue weighted by Crippen LogP contribution is -2.18. The van der Waals surface area contributed by atoms with Crippen LogP contribution in [-0.2, 0) is 6.42 Å². The van der Waals surface area contributed by atoms with Crippen molar-refractivity contribution in [3.63, 3.8) is 0 Å². The van der Waals surface area contributed by atoms with Gasteiger partial charge in [-0.15, -0.1) is 0 Å². The molecule has 1 atom stereocenters. The Bertz CT molecular complexity index is 618. The summed E-state index contributed by atoms with van der Waals surface area (Å²) in [5.41, 5.74) is 2.77. The second kappa shape index (κ2) is 5.79. The predicted octanol–water partition coefficient (Wildman–Crippen LogP) is 3.74. The summed E-state index contributed by atoms with van der Waals surface area (Å²) >= 11 is 3.36. The molecular formula is C15H16BrN3O. The number of aryl methyl sites for hydroxylation is 1. The van der Waals surface area contributed by atoms with E-state index in [9.17, 15) is 0 Å². The molecule has 0 spiro atoms. The van der Waals surface area contributed by atoms with Gasteiger partial charge in [0.15, 0.2) is 0 Å². The van der Waals surface area contributed by atoms with Gasteiger partial charge in [0.25, 0.3) is 0 Å². The molecule has 3 rings (SSSR count). The monoisotopic (exact) mass is 333 g/mol. The molecule has 4 nitrogen and oxygen atoms in total. The van der Waals surface area contributed by atoms with E-state index in [1.165, 1.54) is 17.5 Å². The Balaban J connectivity index is 1.85. The SMILES string of the molecule is COc1nc(NC2CCCc3ccccc32)ncc1Br. The van der Waals surface area contributed by atoms with Crippen molar-refractivity contribution in [3.05, 3.63) is 46.1 Å². The smallest absolute Gasteiger partial charge is 0.232 e. The lowest BCUT2D eigenvalue weighted by Gasteiger charge is -2.26. The largest absolute Gasteiger partial charge is 0.480 e. The summed E-state index contributed by atoms with van der Waals surface area (Å²) in [6, 6.07) is 8.84. The zero-order valence-electron chi connectivity index (χ0n) is 11.3. The average molecular weight is 334 g/mol. The molecule has 0 bridgehead atoms. The van der Waals surface area contributed by atoms with Crippen molar-refractivity contribution in [1.82, 2.24) is 9.97 Å². The fourth-order valence-corrected chi connectivity index (χ4v) is 2.98. The summed E-state index contributed by atoms with van der Waals surface area (Å²) in [5, 5.41) is 3.42. The van der Waals surface area contributed by atoms with Gasteiger partial charge in [0, 0.05) is 0 Å². The van der Waals surface area contributed by atoms with E-state index in [0.717, 1.165) is 17.3 Å². The van der Waals surface area contributed by atoms with E-state index in [2.05, 4.69) is 55.5 Å². The standard InChI is InChI=1S/C15H16BrN3O/c1-20-14-12(16)9-17-15(19-14)18-13-8-4-6-10-5-2-3-7-11(10)13/h2-3,5,7,9,13H,4,6,8H2,1H3,(H,17,18,19). The van der Waals surface area contributed by atoms with Gasteiger partial charge in [-0.2, -0.15) is 4.98 Å². The van der Waals surface area contributed by atoms with Crippen molar-refractivity contribution in [1.29, 1.82) is 0 Å². The van der Waals surface area contributed by atoms with E-state index in [0.29, 0.717) is 11.8 Å². The number of halogens is 1. The molecule has 1 N–H and O–H groups in total. The van der Waals surface area contributed by atoms with Gasteiger partial charge in [0.1, 0.15) is 0 Å². The van der Waals surface area contributed by atoms with Gasteiger partial charge in [-0.1, -0.05) is 24.3 Å². The number of ether oxygens (including phenoxy) is 1. The molecule has 0 radical (unpaired) electrons. The Morgan fingerprint density at radius 3 is 3.05 bits per heavy atom. The molecule has 0 fully saturated rings. The maximum Gasteiger partial charge on any atom is 0.232 e. The van der Waals surface area contributed by atoms with Crippen LogP contribution in [0.2, 0.25) is 0 Å². The molecule has 1 aromatic carbocycles. The highest BCUT2D eigenvalue weighted by Gasteiger charge is 2.20. The second-order valence-electron chi connectivity index (χ2n) is 4.84. The third kappa shape index (κ3) is 2.63. The zero-order valence-corrected chi connectivity index (χ0v) is 12.9. The molecule has 2 aromatic rings. The van der Waals surface area contributed by atoms with Crippen LogP contribution in [0.3, 0.4) is 0 Å². The molecule has 0 aliphatic heterocycles. The number of nitrogens with one attached hydrogen (secondary N) is 1. The van der Waals surface area contributed by atoms with Crippen LogP contribution in [0, 0.1) is 0 Å². The van der Waals surface area contributed by atoms with Crippen LogP contribution in [0.5, 0.6) is 5.88 Å². The Morgan fingerprint density at radius 1 is 1.35 bits per heavy atom. The van der Waals surface area contributed by atoms with Crippen LogP contribution >= 0.6 is 15.9 Å². The highest BCUT2D eigenvalue weighted by Crippen LogP contribution is 2.32. The molecule has 1 heterocycles. The topological polar surface area (TPSA) is 47.0 Å². The summed E-state index contributed by atoms with van der Waals surface area (Å²) in [5.74, 6) is 1.15. The fourth-order valence-electron chi connectivity index (χ4n) is 2.62. The van der Waals surface area contributed by atoms with Crippen molar-refractivity contribution in [2.24, 2.45) is 0 Å². The molecule has 104 valence electrons. The Hall–Kier alpha value is -1.62. The predicted molar refractivity (Wildman–Crippen MR) is 82.0 cm³/mol. The van der Waals surface area contributed by atoms with Crippen LogP contribution in [0.15, 0.2) is 34.9 Å². The number of nitrogens with zero attached hydrogens (tertiary/aromatic N) is 2. The minimum absolute atomic E-state index is 0.269. The van der Waals surface area contributed by atoms with Crippen molar-refractivity contribution >= 4 is 21.9 Å². The number of benzene rings is 1. The molecule has 0 amide bonds. The molecule has 1 aromatic heterocycles. The molecule has 5 heteroatoms. The number of hydrogen-bond acceptors (Lipinski definition) is 4. The Kier molecular flexibility index (Phi) is 3.87. The molecular weight excluding hydrogens is 318 g/mol. The quantitative estimate of drug-likeness (QED) is 0.929. The van der Waals surface area contributed by atoms with E-state index >= 15 is 0 Å². The Labute approximate surface area is 126 Å². The second-order valence-corrected chi connectivity index (χ2v) is 5.69. The zero-order chi connectivity index (χ0) is 13.9. The van der Waals surface area contributed by atoms with Gasteiger partial charge < -0.3 is 10.1 Å². The van der Waals surface area contributed by atoms with Gasteiger partial charge in [0.05, 0.1) is 23.8 Å². The molecule has 1 unspecified atom stereocenters. The summed E-state index contributed by atoms with van der Waals surface area (Å²) in [6.45, 7) is 0. The maximum absolute atomic E-state index is 5.21. The summed E-state index contributed by atoms with van der Waals surface area (Å²) < 4.78 is 5.97. The highest BCUT2D eigenvalue weighted by atomic mass is 79.9. The van der Waals surface area contributed by atoms with E-state index < -0.39 is 0 Å². The fraction of sp³-hybridized carbons (Fsp3) is 0.333. The van der Waals surface area contributed by atoms with E-state index in [1.807, 2.05) is 0 Å². The van der Waals surface area contributed by atoms with Crippen molar-refractivity contribution in [2.75, 3.05) is 12.4 Å². The van der Waals surface area contributed by atoms with Crippen LogP contribution < -0.4 is 10.1 Å². The Morgan fingerprint density at radius 2 is 2.20 bits per heavy atom. The average Bonchev–Trinajstić information content (AvgIpc) is 2.49. The first-order chi connectivity index (χ1) is 9.78. The molecule has 0 saturated heterocycles. The van der Waals surface area contributed by atoms with Gasteiger partial charge in [0.2, 0.25) is 11.8 Å². The molecule has 0 saturated carbocycles. The third-order valence-corrected chi connectivity index (χ3v) is 4.12. The first-order valence-electron chi connectivity index (χ1n) is 6.69. The van der Waals surface area contributed by atoms with E-state index in [4.69, 9.17) is 4.74 Å². The van der Waals surface area contributed by atoms with Gasteiger partial charge in [-0.05, 0) is 46.3 Å². The number of anilines is 1. The molecule has 1 aliphatic rings. The minimum atomic E-state index is 0.269. The number of methoxy groups -OCH3 is 1. The van der Waals surface area contributed by atoms with Crippen molar-refractivity contribution in [3.8, 4) is 5.88 Å². The molecule has 1 aliphatic carbocycles.